The van der Waals surface area contributed by atoms with E-state index in [1.165, 1.54) is 0 Å². The van der Waals surface area contributed by atoms with Crippen LogP contribution in [0.5, 0.6) is 0 Å². The van der Waals surface area contributed by atoms with Crippen molar-refractivity contribution in [1.29, 1.82) is 0 Å². The van der Waals surface area contributed by atoms with Crippen LogP contribution >= 0.6 is 15.9 Å². The number of rotatable bonds is 2. The molecule has 1 fully saturated rings. The standard InChI is InChI=1S/C12H14BrN3O/c13-9-1-2-11-10(5-9)15-12(17)16(11)7-8-3-4-14-6-8/h1-2,5,8,14H,3-4,6-7H2,(H,15,17). The van der Waals surface area contributed by atoms with Gasteiger partial charge in [-0.2, -0.15) is 0 Å². The van der Waals surface area contributed by atoms with E-state index in [2.05, 4.69) is 26.2 Å². The maximum atomic E-state index is 11.9. The van der Waals surface area contributed by atoms with Crippen LogP contribution in [-0.4, -0.2) is 22.6 Å². The predicted octanol–water partition coefficient (Wildman–Crippen LogP) is 1.70. The third-order valence-corrected chi connectivity index (χ3v) is 3.83. The van der Waals surface area contributed by atoms with Crippen LogP contribution in [0.3, 0.4) is 0 Å². The number of aromatic amines is 1. The van der Waals surface area contributed by atoms with Crippen molar-refractivity contribution in [2.75, 3.05) is 13.1 Å². The van der Waals surface area contributed by atoms with E-state index >= 15 is 0 Å². The van der Waals surface area contributed by atoms with Crippen LogP contribution in [0.1, 0.15) is 6.42 Å². The fourth-order valence-electron chi connectivity index (χ4n) is 2.45. The highest BCUT2D eigenvalue weighted by atomic mass is 79.9. The lowest BCUT2D eigenvalue weighted by Crippen LogP contribution is -2.22. The maximum absolute atomic E-state index is 11.9. The zero-order chi connectivity index (χ0) is 11.8. The Hall–Kier alpha value is -1.07. The summed E-state index contributed by atoms with van der Waals surface area (Å²) in [4.78, 5) is 14.8. The first-order valence-corrected chi connectivity index (χ1v) is 6.62. The number of halogens is 1. The third kappa shape index (κ3) is 2.05. The molecular weight excluding hydrogens is 282 g/mol. The molecule has 1 saturated heterocycles. The molecule has 0 aliphatic carbocycles. The number of H-pyrrole nitrogens is 1. The lowest BCUT2D eigenvalue weighted by atomic mass is 10.1. The Morgan fingerprint density at radius 1 is 1.47 bits per heavy atom. The Labute approximate surface area is 107 Å². The van der Waals surface area contributed by atoms with Crippen molar-refractivity contribution >= 4 is 27.0 Å². The Morgan fingerprint density at radius 2 is 2.35 bits per heavy atom. The summed E-state index contributed by atoms with van der Waals surface area (Å²) in [6, 6.07) is 5.90. The molecule has 1 unspecified atom stereocenters. The molecule has 0 radical (unpaired) electrons. The number of nitrogens with zero attached hydrogens (tertiary/aromatic N) is 1. The van der Waals surface area contributed by atoms with Gasteiger partial charge in [0.2, 0.25) is 0 Å². The van der Waals surface area contributed by atoms with Gasteiger partial charge in [0.15, 0.2) is 0 Å². The zero-order valence-corrected chi connectivity index (χ0v) is 11.0. The molecule has 1 atom stereocenters. The van der Waals surface area contributed by atoms with Crippen LogP contribution in [0.4, 0.5) is 0 Å². The SMILES string of the molecule is O=c1[nH]c2cc(Br)ccc2n1CC1CCNC1. The minimum Gasteiger partial charge on any atom is -0.316 e. The van der Waals surface area contributed by atoms with E-state index < -0.39 is 0 Å². The number of aromatic nitrogens is 2. The molecule has 0 bridgehead atoms. The van der Waals surface area contributed by atoms with Gasteiger partial charge in [-0.3, -0.25) is 4.57 Å². The summed E-state index contributed by atoms with van der Waals surface area (Å²) in [7, 11) is 0. The zero-order valence-electron chi connectivity index (χ0n) is 9.37. The minimum absolute atomic E-state index is 0.00926. The highest BCUT2D eigenvalue weighted by molar-refractivity contribution is 9.10. The Kier molecular flexibility index (Phi) is 2.80. The van der Waals surface area contributed by atoms with Crippen LogP contribution in [0.2, 0.25) is 0 Å². The van der Waals surface area contributed by atoms with Gasteiger partial charge in [-0.05, 0) is 43.6 Å². The molecule has 1 aliphatic rings. The molecule has 0 amide bonds. The molecule has 0 saturated carbocycles. The van der Waals surface area contributed by atoms with E-state index in [1.54, 1.807) is 0 Å². The van der Waals surface area contributed by atoms with Gasteiger partial charge in [0, 0.05) is 11.0 Å². The second-order valence-corrected chi connectivity index (χ2v) is 5.48. The maximum Gasteiger partial charge on any atom is 0.326 e. The average Bonchev–Trinajstić information content (AvgIpc) is 2.88. The van der Waals surface area contributed by atoms with Gasteiger partial charge in [0.25, 0.3) is 0 Å². The van der Waals surface area contributed by atoms with E-state index in [1.807, 2.05) is 22.8 Å². The molecule has 4 nitrogen and oxygen atoms in total. The number of nitrogens with one attached hydrogen (secondary N) is 2. The summed E-state index contributed by atoms with van der Waals surface area (Å²) < 4.78 is 2.83. The van der Waals surface area contributed by atoms with Crippen LogP contribution < -0.4 is 11.0 Å². The van der Waals surface area contributed by atoms with Crippen molar-refractivity contribution in [3.63, 3.8) is 0 Å². The monoisotopic (exact) mass is 295 g/mol. The predicted molar refractivity (Wildman–Crippen MR) is 71.2 cm³/mol. The number of fused-ring (bicyclic) bond motifs is 1. The Morgan fingerprint density at radius 3 is 3.12 bits per heavy atom. The van der Waals surface area contributed by atoms with Crippen molar-refractivity contribution in [1.82, 2.24) is 14.9 Å². The Bertz CT molecular complexity index is 595. The van der Waals surface area contributed by atoms with Crippen molar-refractivity contribution < 1.29 is 0 Å². The van der Waals surface area contributed by atoms with Crippen molar-refractivity contribution in [2.45, 2.75) is 13.0 Å². The second kappa shape index (κ2) is 4.31. The number of hydrogen-bond donors (Lipinski definition) is 2. The summed E-state index contributed by atoms with van der Waals surface area (Å²) >= 11 is 3.41. The molecular formula is C12H14BrN3O. The quantitative estimate of drug-likeness (QED) is 0.886. The molecule has 2 aromatic rings. The fraction of sp³-hybridized carbons (Fsp3) is 0.417. The molecule has 1 aromatic carbocycles. The van der Waals surface area contributed by atoms with Crippen LogP contribution in [0.15, 0.2) is 27.5 Å². The summed E-state index contributed by atoms with van der Waals surface area (Å²) in [5.41, 5.74) is 1.88. The van der Waals surface area contributed by atoms with Crippen molar-refractivity contribution in [3.8, 4) is 0 Å². The third-order valence-electron chi connectivity index (χ3n) is 3.34. The first-order chi connectivity index (χ1) is 8.24. The van der Waals surface area contributed by atoms with Gasteiger partial charge in [-0.1, -0.05) is 15.9 Å². The number of hydrogen-bond acceptors (Lipinski definition) is 2. The van der Waals surface area contributed by atoms with Gasteiger partial charge < -0.3 is 10.3 Å². The molecule has 17 heavy (non-hydrogen) atoms. The van der Waals surface area contributed by atoms with Gasteiger partial charge in [-0.15, -0.1) is 0 Å². The topological polar surface area (TPSA) is 49.8 Å². The summed E-state index contributed by atoms with van der Waals surface area (Å²) in [5, 5.41) is 3.33. The summed E-state index contributed by atoms with van der Waals surface area (Å²) in [6.45, 7) is 2.87. The normalized spacial score (nSPS) is 20.2. The molecule has 90 valence electrons. The number of imidazole rings is 1. The summed E-state index contributed by atoms with van der Waals surface area (Å²) in [5.74, 6) is 0.565. The molecule has 1 aromatic heterocycles. The van der Waals surface area contributed by atoms with E-state index in [0.29, 0.717) is 5.92 Å². The van der Waals surface area contributed by atoms with Gasteiger partial charge in [0.1, 0.15) is 0 Å². The van der Waals surface area contributed by atoms with E-state index in [0.717, 1.165) is 41.6 Å². The van der Waals surface area contributed by atoms with E-state index in [4.69, 9.17) is 0 Å². The molecule has 3 rings (SSSR count). The summed E-state index contributed by atoms with van der Waals surface area (Å²) in [6.07, 6.45) is 1.15. The molecule has 2 N–H and O–H groups in total. The fourth-order valence-corrected chi connectivity index (χ4v) is 2.81. The lowest BCUT2D eigenvalue weighted by Gasteiger charge is -2.09. The van der Waals surface area contributed by atoms with E-state index in [9.17, 15) is 4.79 Å². The van der Waals surface area contributed by atoms with Gasteiger partial charge >= 0.3 is 5.69 Å². The van der Waals surface area contributed by atoms with E-state index in [-0.39, 0.29) is 5.69 Å². The number of benzene rings is 1. The molecule has 2 heterocycles. The van der Waals surface area contributed by atoms with Gasteiger partial charge in [-0.25, -0.2) is 4.79 Å². The molecule has 0 spiro atoms. The average molecular weight is 296 g/mol. The molecule has 1 aliphatic heterocycles. The van der Waals surface area contributed by atoms with Crippen LogP contribution in [0.25, 0.3) is 11.0 Å². The van der Waals surface area contributed by atoms with Crippen molar-refractivity contribution in [2.24, 2.45) is 5.92 Å². The largest absolute Gasteiger partial charge is 0.326 e. The first kappa shape index (κ1) is 11.0. The smallest absolute Gasteiger partial charge is 0.316 e. The van der Waals surface area contributed by atoms with Crippen LogP contribution in [-0.2, 0) is 6.54 Å². The van der Waals surface area contributed by atoms with Gasteiger partial charge in [0.05, 0.1) is 11.0 Å². The lowest BCUT2D eigenvalue weighted by molar-refractivity contribution is 0.481. The van der Waals surface area contributed by atoms with Crippen molar-refractivity contribution in [3.05, 3.63) is 33.2 Å². The highest BCUT2D eigenvalue weighted by Crippen LogP contribution is 2.19. The Balaban J connectivity index is 2.02. The highest BCUT2D eigenvalue weighted by Gasteiger charge is 2.17. The van der Waals surface area contributed by atoms with Crippen LogP contribution in [0, 0.1) is 5.92 Å². The first-order valence-electron chi connectivity index (χ1n) is 5.83. The minimum atomic E-state index is -0.00926. The molecule has 5 heteroatoms. The second-order valence-electron chi connectivity index (χ2n) is 4.56.